The molecule has 0 unspecified atom stereocenters. The molecule has 7 heteroatoms. The number of halogens is 2. The maximum absolute atomic E-state index is 13.8. The summed E-state index contributed by atoms with van der Waals surface area (Å²) in [4.78, 5) is 26.7. The van der Waals surface area contributed by atoms with Crippen LogP contribution in [-0.2, 0) is 4.79 Å². The van der Waals surface area contributed by atoms with Crippen molar-refractivity contribution >= 4 is 23.5 Å². The fourth-order valence-electron chi connectivity index (χ4n) is 2.65. The number of carbonyl (C=O) groups is 2. The van der Waals surface area contributed by atoms with E-state index in [1.807, 2.05) is 0 Å². The van der Waals surface area contributed by atoms with E-state index in [1.54, 1.807) is 4.90 Å². The van der Waals surface area contributed by atoms with Crippen LogP contribution in [0.4, 0.5) is 4.39 Å². The van der Waals surface area contributed by atoms with Gasteiger partial charge >= 0.3 is 5.97 Å². The van der Waals surface area contributed by atoms with Gasteiger partial charge in [0.25, 0.3) is 5.91 Å². The van der Waals surface area contributed by atoms with Crippen LogP contribution in [0.2, 0.25) is 5.02 Å². The molecule has 1 aromatic rings. The van der Waals surface area contributed by atoms with E-state index < -0.39 is 11.8 Å². The van der Waals surface area contributed by atoms with E-state index in [0.29, 0.717) is 32.6 Å². The molecule has 0 atom stereocenters. The molecule has 5 nitrogen and oxygen atoms in total. The van der Waals surface area contributed by atoms with Crippen LogP contribution in [0.3, 0.4) is 0 Å². The number of amides is 1. The van der Waals surface area contributed by atoms with Crippen molar-refractivity contribution in [1.82, 2.24) is 9.80 Å². The fraction of sp³-hybridized carbons (Fsp3) is 0.500. The molecule has 0 bridgehead atoms. The predicted molar refractivity (Wildman–Crippen MR) is 85.2 cm³/mol. The first kappa shape index (κ1) is 17.7. The first-order valence-corrected chi connectivity index (χ1v) is 8.04. The molecule has 0 spiro atoms. The lowest BCUT2D eigenvalue weighted by atomic mass is 10.1. The van der Waals surface area contributed by atoms with E-state index >= 15 is 0 Å². The molecule has 1 amide bonds. The number of piperazine rings is 1. The van der Waals surface area contributed by atoms with Crippen molar-refractivity contribution in [3.05, 3.63) is 34.6 Å². The van der Waals surface area contributed by atoms with Crippen LogP contribution < -0.4 is 0 Å². The number of rotatable bonds is 6. The van der Waals surface area contributed by atoms with Gasteiger partial charge in [0.1, 0.15) is 5.82 Å². The third kappa shape index (κ3) is 4.91. The van der Waals surface area contributed by atoms with E-state index in [2.05, 4.69) is 4.90 Å². The number of hydrogen-bond donors (Lipinski definition) is 1. The zero-order chi connectivity index (χ0) is 16.8. The minimum Gasteiger partial charge on any atom is -0.481 e. The zero-order valence-corrected chi connectivity index (χ0v) is 13.6. The Kier molecular flexibility index (Phi) is 6.36. The van der Waals surface area contributed by atoms with Gasteiger partial charge in [0.2, 0.25) is 0 Å². The summed E-state index contributed by atoms with van der Waals surface area (Å²) in [7, 11) is 0. The quantitative estimate of drug-likeness (QED) is 0.807. The Morgan fingerprint density at radius 3 is 2.48 bits per heavy atom. The SMILES string of the molecule is O=C(O)CCCCN1CCN(C(=O)c2c(F)cccc2Cl)CC1. The van der Waals surface area contributed by atoms with E-state index in [4.69, 9.17) is 16.7 Å². The van der Waals surface area contributed by atoms with Gasteiger partial charge in [0.15, 0.2) is 0 Å². The summed E-state index contributed by atoms with van der Waals surface area (Å²) < 4.78 is 13.8. The van der Waals surface area contributed by atoms with Gasteiger partial charge < -0.3 is 10.0 Å². The number of unbranched alkanes of at least 4 members (excludes halogenated alkanes) is 1. The van der Waals surface area contributed by atoms with Crippen LogP contribution >= 0.6 is 11.6 Å². The third-order valence-electron chi connectivity index (χ3n) is 3.95. The highest BCUT2D eigenvalue weighted by Crippen LogP contribution is 2.21. The highest BCUT2D eigenvalue weighted by molar-refractivity contribution is 6.33. The van der Waals surface area contributed by atoms with Gasteiger partial charge in [0, 0.05) is 32.6 Å². The number of hydrogen-bond acceptors (Lipinski definition) is 3. The number of aliphatic carboxylic acids is 1. The number of carbonyl (C=O) groups excluding carboxylic acids is 1. The third-order valence-corrected chi connectivity index (χ3v) is 4.27. The highest BCUT2D eigenvalue weighted by atomic mass is 35.5. The van der Waals surface area contributed by atoms with Gasteiger partial charge in [-0.15, -0.1) is 0 Å². The molecule has 1 aliphatic heterocycles. The summed E-state index contributed by atoms with van der Waals surface area (Å²) in [6, 6.07) is 4.22. The smallest absolute Gasteiger partial charge is 0.303 e. The number of carboxylic acids is 1. The average Bonchev–Trinajstić information content (AvgIpc) is 2.51. The molecule has 1 aromatic carbocycles. The van der Waals surface area contributed by atoms with Crippen molar-refractivity contribution in [3.63, 3.8) is 0 Å². The highest BCUT2D eigenvalue weighted by Gasteiger charge is 2.25. The predicted octanol–water partition coefficient (Wildman–Crippen LogP) is 2.49. The van der Waals surface area contributed by atoms with Gasteiger partial charge in [-0.2, -0.15) is 0 Å². The zero-order valence-electron chi connectivity index (χ0n) is 12.8. The van der Waals surface area contributed by atoms with Crippen molar-refractivity contribution in [2.45, 2.75) is 19.3 Å². The molecule has 1 aliphatic rings. The largest absolute Gasteiger partial charge is 0.481 e. The Hall–Kier alpha value is -1.66. The fourth-order valence-corrected chi connectivity index (χ4v) is 2.89. The van der Waals surface area contributed by atoms with Gasteiger partial charge in [-0.05, 0) is 31.5 Å². The van der Waals surface area contributed by atoms with Crippen molar-refractivity contribution in [2.75, 3.05) is 32.7 Å². The minimum absolute atomic E-state index is 0.0657. The molecule has 1 saturated heterocycles. The van der Waals surface area contributed by atoms with Gasteiger partial charge in [-0.3, -0.25) is 14.5 Å². The monoisotopic (exact) mass is 342 g/mol. The van der Waals surface area contributed by atoms with E-state index in [-0.39, 0.29) is 22.9 Å². The van der Waals surface area contributed by atoms with Crippen molar-refractivity contribution in [2.24, 2.45) is 0 Å². The first-order valence-electron chi connectivity index (χ1n) is 7.66. The second-order valence-electron chi connectivity index (χ2n) is 5.58. The number of benzene rings is 1. The van der Waals surface area contributed by atoms with Crippen molar-refractivity contribution in [3.8, 4) is 0 Å². The average molecular weight is 343 g/mol. The van der Waals surface area contributed by atoms with Crippen LogP contribution in [0.1, 0.15) is 29.6 Å². The summed E-state index contributed by atoms with van der Waals surface area (Å²) in [6.45, 7) is 3.25. The van der Waals surface area contributed by atoms with E-state index in [0.717, 1.165) is 13.0 Å². The van der Waals surface area contributed by atoms with Gasteiger partial charge in [-0.1, -0.05) is 17.7 Å². The Balaban J connectivity index is 1.82. The normalized spacial score (nSPS) is 15.7. The molecular formula is C16H20ClFN2O3. The Morgan fingerprint density at radius 1 is 1.17 bits per heavy atom. The number of nitrogens with zero attached hydrogens (tertiary/aromatic N) is 2. The van der Waals surface area contributed by atoms with Crippen molar-refractivity contribution < 1.29 is 19.1 Å². The van der Waals surface area contributed by atoms with Gasteiger partial charge in [-0.25, -0.2) is 4.39 Å². The topological polar surface area (TPSA) is 60.9 Å². The summed E-state index contributed by atoms with van der Waals surface area (Å²) in [5.74, 6) is -1.75. The maximum atomic E-state index is 13.8. The van der Waals surface area contributed by atoms with Crippen LogP contribution in [0.25, 0.3) is 0 Å². The molecule has 0 aromatic heterocycles. The lowest BCUT2D eigenvalue weighted by Gasteiger charge is -2.35. The standard InChI is InChI=1S/C16H20ClFN2O3/c17-12-4-3-5-13(18)15(12)16(23)20-10-8-19(9-11-20)7-2-1-6-14(21)22/h3-5H,1-2,6-11H2,(H,21,22). The number of carboxylic acid groups (broad SMARTS) is 1. The summed E-state index contributed by atoms with van der Waals surface area (Å²) in [6.07, 6.45) is 1.66. The van der Waals surface area contributed by atoms with Crippen LogP contribution in [0.5, 0.6) is 0 Å². The van der Waals surface area contributed by atoms with Gasteiger partial charge in [0.05, 0.1) is 10.6 Å². The first-order chi connectivity index (χ1) is 11.0. The molecule has 1 fully saturated rings. The lowest BCUT2D eigenvalue weighted by Crippen LogP contribution is -2.49. The second kappa shape index (κ2) is 8.26. The van der Waals surface area contributed by atoms with E-state index in [9.17, 15) is 14.0 Å². The van der Waals surface area contributed by atoms with Crippen molar-refractivity contribution in [1.29, 1.82) is 0 Å². The van der Waals surface area contributed by atoms with Crippen LogP contribution in [0, 0.1) is 5.82 Å². The van der Waals surface area contributed by atoms with Crippen LogP contribution in [0.15, 0.2) is 18.2 Å². The molecule has 126 valence electrons. The summed E-state index contributed by atoms with van der Waals surface area (Å²) in [5.41, 5.74) is -0.0657. The minimum atomic E-state index is -0.776. The molecule has 2 rings (SSSR count). The van der Waals surface area contributed by atoms with E-state index in [1.165, 1.54) is 18.2 Å². The Bertz CT molecular complexity index is 554. The molecule has 1 heterocycles. The summed E-state index contributed by atoms with van der Waals surface area (Å²) >= 11 is 5.94. The van der Waals surface area contributed by atoms with Crippen LogP contribution in [-0.4, -0.2) is 59.5 Å². The molecular weight excluding hydrogens is 323 g/mol. The Labute approximate surface area is 139 Å². The molecule has 1 N–H and O–H groups in total. The molecule has 0 radical (unpaired) electrons. The Morgan fingerprint density at radius 2 is 1.87 bits per heavy atom. The maximum Gasteiger partial charge on any atom is 0.303 e. The summed E-state index contributed by atoms with van der Waals surface area (Å²) in [5, 5.41) is 8.73. The lowest BCUT2D eigenvalue weighted by molar-refractivity contribution is -0.137. The second-order valence-corrected chi connectivity index (χ2v) is 5.99. The molecule has 0 saturated carbocycles. The molecule has 0 aliphatic carbocycles. The molecule has 23 heavy (non-hydrogen) atoms.